The predicted octanol–water partition coefficient (Wildman–Crippen LogP) is 2.73. The standard InChI is InChI=1S/C22H27N3O/c1-17-7-3-4-8-19(17)20-9-5-6-10-21(20)22(26)25-14-13-24-12-11-23(2)15-18(24)16-25/h3-10,18H,11-16H2,1-2H3/t18-/m1/s1. The second-order valence-corrected chi connectivity index (χ2v) is 7.56. The number of likely N-dealkylation sites (N-methyl/N-ethyl adjacent to an activating group) is 1. The highest BCUT2D eigenvalue weighted by Gasteiger charge is 2.33. The zero-order chi connectivity index (χ0) is 18.1. The quantitative estimate of drug-likeness (QED) is 0.834. The van der Waals surface area contributed by atoms with Gasteiger partial charge in [-0.25, -0.2) is 0 Å². The van der Waals surface area contributed by atoms with Crippen LogP contribution in [0.4, 0.5) is 0 Å². The number of rotatable bonds is 2. The summed E-state index contributed by atoms with van der Waals surface area (Å²) in [6.45, 7) is 8.02. The highest BCUT2D eigenvalue weighted by atomic mass is 16.2. The molecule has 0 aromatic heterocycles. The Morgan fingerprint density at radius 1 is 0.885 bits per heavy atom. The van der Waals surface area contributed by atoms with Gasteiger partial charge in [0.2, 0.25) is 0 Å². The van der Waals surface area contributed by atoms with Crippen LogP contribution in [-0.4, -0.2) is 73.0 Å². The first kappa shape index (κ1) is 17.3. The summed E-state index contributed by atoms with van der Waals surface area (Å²) < 4.78 is 0. The number of hydrogen-bond donors (Lipinski definition) is 0. The van der Waals surface area contributed by atoms with Crippen molar-refractivity contribution < 1.29 is 4.79 Å². The minimum Gasteiger partial charge on any atom is -0.336 e. The van der Waals surface area contributed by atoms with Crippen LogP contribution < -0.4 is 0 Å². The van der Waals surface area contributed by atoms with Gasteiger partial charge in [0.15, 0.2) is 0 Å². The maximum absolute atomic E-state index is 13.4. The van der Waals surface area contributed by atoms with Crippen LogP contribution in [0.1, 0.15) is 15.9 Å². The number of piperazine rings is 2. The van der Waals surface area contributed by atoms with E-state index in [0.717, 1.165) is 56.0 Å². The molecule has 2 aliphatic heterocycles. The summed E-state index contributed by atoms with van der Waals surface area (Å²) in [7, 11) is 2.17. The summed E-state index contributed by atoms with van der Waals surface area (Å²) in [5, 5.41) is 0. The first-order valence-electron chi connectivity index (χ1n) is 9.50. The molecule has 26 heavy (non-hydrogen) atoms. The second kappa shape index (κ2) is 7.22. The zero-order valence-electron chi connectivity index (χ0n) is 15.7. The third-order valence-electron chi connectivity index (χ3n) is 5.78. The number of nitrogens with zero attached hydrogens (tertiary/aromatic N) is 3. The summed E-state index contributed by atoms with van der Waals surface area (Å²) in [5.41, 5.74) is 4.21. The van der Waals surface area contributed by atoms with E-state index in [9.17, 15) is 4.79 Å². The second-order valence-electron chi connectivity index (χ2n) is 7.56. The van der Waals surface area contributed by atoms with Crippen molar-refractivity contribution in [3.8, 4) is 11.1 Å². The van der Waals surface area contributed by atoms with Crippen molar-refractivity contribution in [3.63, 3.8) is 0 Å². The van der Waals surface area contributed by atoms with Gasteiger partial charge in [0.25, 0.3) is 5.91 Å². The first-order chi connectivity index (χ1) is 12.6. The van der Waals surface area contributed by atoms with Gasteiger partial charge >= 0.3 is 0 Å². The van der Waals surface area contributed by atoms with E-state index >= 15 is 0 Å². The maximum atomic E-state index is 13.4. The SMILES string of the molecule is Cc1ccccc1-c1ccccc1C(=O)N1CCN2CCN(C)C[C@@H]2C1. The van der Waals surface area contributed by atoms with E-state index in [1.165, 1.54) is 5.56 Å². The Kier molecular flexibility index (Phi) is 4.79. The average Bonchev–Trinajstić information content (AvgIpc) is 2.67. The van der Waals surface area contributed by atoms with E-state index in [1.807, 2.05) is 30.3 Å². The molecule has 0 aliphatic carbocycles. The Morgan fingerprint density at radius 2 is 1.58 bits per heavy atom. The molecule has 0 saturated carbocycles. The molecule has 4 nitrogen and oxygen atoms in total. The van der Waals surface area contributed by atoms with Crippen molar-refractivity contribution in [2.24, 2.45) is 0 Å². The fourth-order valence-corrected chi connectivity index (χ4v) is 4.25. The Labute approximate surface area is 156 Å². The Balaban J connectivity index is 1.60. The molecule has 4 heteroatoms. The lowest BCUT2D eigenvalue weighted by Crippen LogP contribution is -2.62. The predicted molar refractivity (Wildman–Crippen MR) is 105 cm³/mol. The van der Waals surface area contributed by atoms with Crippen LogP contribution in [0.5, 0.6) is 0 Å². The van der Waals surface area contributed by atoms with E-state index in [1.54, 1.807) is 0 Å². The molecule has 1 amide bonds. The molecule has 1 atom stereocenters. The largest absolute Gasteiger partial charge is 0.336 e. The minimum atomic E-state index is 0.164. The summed E-state index contributed by atoms with van der Waals surface area (Å²) in [6.07, 6.45) is 0. The van der Waals surface area contributed by atoms with Crippen molar-refractivity contribution in [1.82, 2.24) is 14.7 Å². The molecule has 2 aromatic rings. The van der Waals surface area contributed by atoms with Crippen LogP contribution in [0.15, 0.2) is 48.5 Å². The number of hydrogen-bond acceptors (Lipinski definition) is 3. The van der Waals surface area contributed by atoms with Gasteiger partial charge in [0, 0.05) is 50.9 Å². The molecule has 0 N–H and O–H groups in total. The molecular formula is C22H27N3O. The van der Waals surface area contributed by atoms with E-state index in [0.29, 0.717) is 6.04 Å². The normalized spacial score (nSPS) is 21.5. The Morgan fingerprint density at radius 3 is 2.38 bits per heavy atom. The molecule has 0 spiro atoms. The van der Waals surface area contributed by atoms with Crippen molar-refractivity contribution in [2.75, 3.05) is 46.3 Å². The minimum absolute atomic E-state index is 0.164. The van der Waals surface area contributed by atoms with E-state index < -0.39 is 0 Å². The lowest BCUT2D eigenvalue weighted by atomic mass is 9.95. The molecule has 2 aliphatic rings. The molecule has 2 heterocycles. The highest BCUT2D eigenvalue weighted by Crippen LogP contribution is 2.28. The van der Waals surface area contributed by atoms with Gasteiger partial charge in [-0.3, -0.25) is 9.69 Å². The van der Waals surface area contributed by atoms with Gasteiger partial charge < -0.3 is 9.80 Å². The molecule has 0 radical (unpaired) electrons. The van der Waals surface area contributed by atoms with Crippen molar-refractivity contribution in [2.45, 2.75) is 13.0 Å². The molecule has 2 aromatic carbocycles. The van der Waals surface area contributed by atoms with E-state index in [2.05, 4.69) is 46.9 Å². The van der Waals surface area contributed by atoms with Crippen LogP contribution >= 0.6 is 0 Å². The van der Waals surface area contributed by atoms with Crippen LogP contribution in [0.25, 0.3) is 11.1 Å². The van der Waals surface area contributed by atoms with E-state index in [-0.39, 0.29) is 5.91 Å². The number of benzene rings is 2. The summed E-state index contributed by atoms with van der Waals surface area (Å²) in [6, 6.07) is 16.8. The van der Waals surface area contributed by atoms with Gasteiger partial charge in [-0.2, -0.15) is 0 Å². The van der Waals surface area contributed by atoms with Crippen molar-refractivity contribution >= 4 is 5.91 Å². The lowest BCUT2D eigenvalue weighted by Gasteiger charge is -2.46. The maximum Gasteiger partial charge on any atom is 0.254 e. The fraction of sp³-hybridized carbons (Fsp3) is 0.409. The van der Waals surface area contributed by atoms with Gasteiger partial charge in [-0.1, -0.05) is 42.5 Å². The highest BCUT2D eigenvalue weighted by molar-refractivity contribution is 6.01. The van der Waals surface area contributed by atoms with Crippen LogP contribution in [0, 0.1) is 6.92 Å². The molecule has 4 rings (SSSR count). The number of carbonyl (C=O) groups excluding carboxylic acids is 1. The first-order valence-corrected chi connectivity index (χ1v) is 9.50. The number of fused-ring (bicyclic) bond motifs is 1. The smallest absolute Gasteiger partial charge is 0.254 e. The van der Waals surface area contributed by atoms with Crippen LogP contribution in [0.2, 0.25) is 0 Å². The molecule has 0 unspecified atom stereocenters. The monoisotopic (exact) mass is 349 g/mol. The topological polar surface area (TPSA) is 26.8 Å². The molecule has 0 bridgehead atoms. The molecule has 136 valence electrons. The van der Waals surface area contributed by atoms with Gasteiger partial charge in [-0.05, 0) is 36.7 Å². The van der Waals surface area contributed by atoms with Crippen molar-refractivity contribution in [3.05, 3.63) is 59.7 Å². The average molecular weight is 349 g/mol. The molecule has 2 fully saturated rings. The third kappa shape index (κ3) is 3.27. The van der Waals surface area contributed by atoms with E-state index in [4.69, 9.17) is 0 Å². The fourth-order valence-electron chi connectivity index (χ4n) is 4.25. The third-order valence-corrected chi connectivity index (χ3v) is 5.78. The van der Waals surface area contributed by atoms with Crippen molar-refractivity contribution in [1.29, 1.82) is 0 Å². The number of amides is 1. The van der Waals surface area contributed by atoms with Crippen LogP contribution in [0.3, 0.4) is 0 Å². The lowest BCUT2D eigenvalue weighted by molar-refractivity contribution is 0.0190. The summed E-state index contributed by atoms with van der Waals surface area (Å²) in [4.78, 5) is 20.3. The number of carbonyl (C=O) groups is 1. The van der Waals surface area contributed by atoms with Gasteiger partial charge in [0.1, 0.15) is 0 Å². The Hall–Kier alpha value is -2.17. The van der Waals surface area contributed by atoms with Gasteiger partial charge in [-0.15, -0.1) is 0 Å². The zero-order valence-corrected chi connectivity index (χ0v) is 15.7. The van der Waals surface area contributed by atoms with Gasteiger partial charge in [0.05, 0.1) is 0 Å². The van der Waals surface area contributed by atoms with Crippen LogP contribution in [-0.2, 0) is 0 Å². The molecule has 2 saturated heterocycles. The Bertz CT molecular complexity index is 803. The summed E-state index contributed by atoms with van der Waals surface area (Å²) in [5.74, 6) is 0.164. The number of aryl methyl sites for hydroxylation is 1. The molecular weight excluding hydrogens is 322 g/mol. The summed E-state index contributed by atoms with van der Waals surface area (Å²) >= 11 is 0.